The number of nitrogens with one attached hydrogen (secondary N) is 3. The van der Waals surface area contributed by atoms with Crippen molar-refractivity contribution < 1.29 is 19.5 Å². The SMILES string of the molecule is CC(C)NC(=O)CCNC(=O)Nc1sccc1C(=O)O. The Hall–Kier alpha value is -2.09. The molecule has 0 aromatic carbocycles. The van der Waals surface area contributed by atoms with Crippen LogP contribution in [0.2, 0.25) is 0 Å². The lowest BCUT2D eigenvalue weighted by Gasteiger charge is -2.09. The third kappa shape index (κ3) is 5.27. The Balaban J connectivity index is 2.35. The normalized spacial score (nSPS) is 10.2. The van der Waals surface area contributed by atoms with Gasteiger partial charge in [-0.1, -0.05) is 0 Å². The zero-order valence-corrected chi connectivity index (χ0v) is 12.0. The lowest BCUT2D eigenvalue weighted by Crippen LogP contribution is -2.35. The number of carboxylic acids is 1. The highest BCUT2D eigenvalue weighted by molar-refractivity contribution is 7.14. The van der Waals surface area contributed by atoms with E-state index in [9.17, 15) is 14.4 Å². The van der Waals surface area contributed by atoms with Crippen molar-refractivity contribution in [3.05, 3.63) is 17.0 Å². The molecule has 0 bridgehead atoms. The van der Waals surface area contributed by atoms with Gasteiger partial charge in [-0.05, 0) is 25.3 Å². The van der Waals surface area contributed by atoms with E-state index in [1.54, 1.807) is 5.38 Å². The van der Waals surface area contributed by atoms with Gasteiger partial charge >= 0.3 is 12.0 Å². The predicted octanol–water partition coefficient (Wildman–Crippen LogP) is 1.48. The molecular formula is C12H17N3O4S. The van der Waals surface area contributed by atoms with Crippen LogP contribution in [-0.2, 0) is 4.79 Å². The van der Waals surface area contributed by atoms with E-state index >= 15 is 0 Å². The third-order valence-electron chi connectivity index (χ3n) is 2.21. The number of rotatable bonds is 6. The maximum absolute atomic E-state index is 11.5. The molecule has 8 heteroatoms. The largest absolute Gasteiger partial charge is 0.478 e. The van der Waals surface area contributed by atoms with Crippen LogP contribution in [0.15, 0.2) is 11.4 Å². The van der Waals surface area contributed by atoms with E-state index in [0.29, 0.717) is 0 Å². The molecule has 0 aliphatic rings. The molecule has 1 heterocycles. The van der Waals surface area contributed by atoms with Crippen LogP contribution in [0.4, 0.5) is 9.80 Å². The Morgan fingerprint density at radius 2 is 2.05 bits per heavy atom. The zero-order chi connectivity index (χ0) is 15.1. The summed E-state index contributed by atoms with van der Waals surface area (Å²) >= 11 is 1.12. The summed E-state index contributed by atoms with van der Waals surface area (Å²) in [4.78, 5) is 33.7. The summed E-state index contributed by atoms with van der Waals surface area (Å²) in [5, 5.41) is 18.4. The van der Waals surface area contributed by atoms with Crippen LogP contribution in [0.5, 0.6) is 0 Å². The number of anilines is 1. The van der Waals surface area contributed by atoms with Crippen LogP contribution in [0.3, 0.4) is 0 Å². The molecule has 20 heavy (non-hydrogen) atoms. The zero-order valence-electron chi connectivity index (χ0n) is 11.2. The van der Waals surface area contributed by atoms with Crippen molar-refractivity contribution in [3.8, 4) is 0 Å². The molecule has 0 atom stereocenters. The number of urea groups is 1. The number of thiophene rings is 1. The average molecular weight is 299 g/mol. The summed E-state index contributed by atoms with van der Waals surface area (Å²) in [5.74, 6) is -1.25. The van der Waals surface area contributed by atoms with E-state index in [-0.39, 0.29) is 35.5 Å². The Morgan fingerprint density at radius 3 is 2.65 bits per heavy atom. The fraction of sp³-hybridized carbons (Fsp3) is 0.417. The number of carboxylic acid groups (broad SMARTS) is 1. The van der Waals surface area contributed by atoms with Gasteiger partial charge in [-0.25, -0.2) is 9.59 Å². The van der Waals surface area contributed by atoms with Gasteiger partial charge in [0.15, 0.2) is 0 Å². The summed E-state index contributed by atoms with van der Waals surface area (Å²) < 4.78 is 0. The van der Waals surface area contributed by atoms with Gasteiger partial charge in [0.05, 0.1) is 5.56 Å². The lowest BCUT2D eigenvalue weighted by atomic mass is 10.3. The topological polar surface area (TPSA) is 108 Å². The van der Waals surface area contributed by atoms with Gasteiger partial charge in [0, 0.05) is 19.0 Å². The van der Waals surface area contributed by atoms with Crippen molar-refractivity contribution in [1.82, 2.24) is 10.6 Å². The van der Waals surface area contributed by atoms with Crippen molar-refractivity contribution in [1.29, 1.82) is 0 Å². The predicted molar refractivity (Wildman–Crippen MR) is 76.2 cm³/mol. The smallest absolute Gasteiger partial charge is 0.338 e. The molecule has 110 valence electrons. The van der Waals surface area contributed by atoms with Crippen LogP contribution < -0.4 is 16.0 Å². The molecule has 1 rings (SSSR count). The highest BCUT2D eigenvalue weighted by Gasteiger charge is 2.13. The average Bonchev–Trinajstić information content (AvgIpc) is 2.75. The molecule has 1 aromatic rings. The monoisotopic (exact) mass is 299 g/mol. The molecule has 0 radical (unpaired) electrons. The Labute approximate surface area is 120 Å². The molecule has 7 nitrogen and oxygen atoms in total. The molecule has 0 unspecified atom stereocenters. The summed E-state index contributed by atoms with van der Waals surface area (Å²) in [5.41, 5.74) is 0.0442. The van der Waals surface area contributed by atoms with Crippen molar-refractivity contribution in [2.75, 3.05) is 11.9 Å². The maximum Gasteiger partial charge on any atom is 0.338 e. The standard InChI is InChI=1S/C12H17N3O4S/c1-7(2)14-9(16)3-5-13-12(19)15-10-8(11(17)18)4-6-20-10/h4,6-7H,3,5H2,1-2H3,(H,14,16)(H,17,18)(H2,13,15,19). The molecule has 4 N–H and O–H groups in total. The summed E-state index contributed by atoms with van der Waals surface area (Å²) in [6.07, 6.45) is 0.168. The molecule has 0 saturated heterocycles. The van der Waals surface area contributed by atoms with E-state index < -0.39 is 12.0 Å². The Morgan fingerprint density at radius 1 is 1.35 bits per heavy atom. The summed E-state index contributed by atoms with van der Waals surface area (Å²) in [6, 6.07) is 0.937. The summed E-state index contributed by atoms with van der Waals surface area (Å²) in [6.45, 7) is 3.88. The molecular weight excluding hydrogens is 282 g/mol. The van der Waals surface area contributed by atoms with Crippen molar-refractivity contribution in [3.63, 3.8) is 0 Å². The van der Waals surface area contributed by atoms with E-state index in [2.05, 4.69) is 16.0 Å². The van der Waals surface area contributed by atoms with Crippen LogP contribution in [0.1, 0.15) is 30.6 Å². The van der Waals surface area contributed by atoms with Crippen molar-refractivity contribution in [2.24, 2.45) is 0 Å². The second-order valence-electron chi connectivity index (χ2n) is 4.32. The minimum atomic E-state index is -1.10. The van der Waals surface area contributed by atoms with E-state index in [4.69, 9.17) is 5.11 Å². The first kappa shape index (κ1) is 16.0. The number of hydrogen-bond donors (Lipinski definition) is 4. The number of amides is 3. The third-order valence-corrected chi connectivity index (χ3v) is 3.04. The molecule has 0 fully saturated rings. The fourth-order valence-electron chi connectivity index (χ4n) is 1.41. The van der Waals surface area contributed by atoms with Crippen molar-refractivity contribution in [2.45, 2.75) is 26.3 Å². The first-order chi connectivity index (χ1) is 9.40. The number of aromatic carboxylic acids is 1. The molecule has 3 amide bonds. The highest BCUT2D eigenvalue weighted by Crippen LogP contribution is 2.22. The van der Waals surface area contributed by atoms with Crippen molar-refractivity contribution >= 4 is 34.2 Å². The lowest BCUT2D eigenvalue weighted by molar-refractivity contribution is -0.121. The quantitative estimate of drug-likeness (QED) is 0.638. The van der Waals surface area contributed by atoms with Crippen LogP contribution in [-0.4, -0.2) is 35.6 Å². The minimum Gasteiger partial charge on any atom is -0.478 e. The van der Waals surface area contributed by atoms with Gasteiger partial charge in [-0.15, -0.1) is 11.3 Å². The van der Waals surface area contributed by atoms with Gasteiger partial charge in [0.2, 0.25) is 5.91 Å². The first-order valence-corrected chi connectivity index (χ1v) is 6.93. The first-order valence-electron chi connectivity index (χ1n) is 6.05. The van der Waals surface area contributed by atoms with Gasteiger partial charge < -0.3 is 15.7 Å². The van der Waals surface area contributed by atoms with Crippen LogP contribution in [0, 0.1) is 0 Å². The van der Waals surface area contributed by atoms with Crippen LogP contribution >= 0.6 is 11.3 Å². The van der Waals surface area contributed by atoms with E-state index in [1.165, 1.54) is 6.07 Å². The van der Waals surface area contributed by atoms with E-state index in [1.807, 2.05) is 13.8 Å². The van der Waals surface area contributed by atoms with Gasteiger partial charge in [0.1, 0.15) is 5.00 Å². The van der Waals surface area contributed by atoms with Gasteiger partial charge in [0.25, 0.3) is 0 Å². The van der Waals surface area contributed by atoms with Gasteiger partial charge in [-0.2, -0.15) is 0 Å². The Kier molecular flexibility index (Phi) is 5.98. The summed E-state index contributed by atoms with van der Waals surface area (Å²) in [7, 11) is 0. The second kappa shape index (κ2) is 7.49. The Bertz CT molecular complexity index is 499. The van der Waals surface area contributed by atoms with E-state index in [0.717, 1.165) is 11.3 Å². The second-order valence-corrected chi connectivity index (χ2v) is 5.24. The number of carbonyl (C=O) groups is 3. The molecule has 0 spiro atoms. The van der Waals surface area contributed by atoms with Gasteiger partial charge in [-0.3, -0.25) is 10.1 Å². The molecule has 0 aliphatic carbocycles. The number of carbonyl (C=O) groups excluding carboxylic acids is 2. The molecule has 1 aromatic heterocycles. The fourth-order valence-corrected chi connectivity index (χ4v) is 2.18. The maximum atomic E-state index is 11.5. The molecule has 0 saturated carbocycles. The molecule has 0 aliphatic heterocycles. The number of hydrogen-bond acceptors (Lipinski definition) is 4. The highest BCUT2D eigenvalue weighted by atomic mass is 32.1. The minimum absolute atomic E-state index is 0.0442. The van der Waals surface area contributed by atoms with Crippen LogP contribution in [0.25, 0.3) is 0 Å².